The van der Waals surface area contributed by atoms with Crippen LogP contribution < -0.4 is 10.6 Å². The third kappa shape index (κ3) is 4.89. The fourth-order valence-electron chi connectivity index (χ4n) is 1.37. The van der Waals surface area contributed by atoms with Crippen LogP contribution in [0.25, 0.3) is 0 Å². The molecule has 1 aromatic rings. The molecular formula is C12H17ClFN3O. The van der Waals surface area contributed by atoms with Crippen molar-refractivity contribution >= 4 is 23.3 Å². The molecule has 0 aliphatic heterocycles. The fourth-order valence-corrected chi connectivity index (χ4v) is 1.58. The van der Waals surface area contributed by atoms with Gasteiger partial charge >= 0.3 is 6.03 Å². The minimum Gasteiger partial charge on any atom is -0.338 e. The lowest BCUT2D eigenvalue weighted by molar-refractivity contribution is 0.251. The lowest BCUT2D eigenvalue weighted by Gasteiger charge is -2.11. The summed E-state index contributed by atoms with van der Waals surface area (Å²) < 4.78 is 13.4. The molecule has 0 aliphatic rings. The molecule has 0 fully saturated rings. The van der Waals surface area contributed by atoms with Gasteiger partial charge in [0.25, 0.3) is 0 Å². The maximum absolute atomic E-state index is 13.4. The number of nitrogens with zero attached hydrogens (tertiary/aromatic N) is 1. The molecule has 1 aromatic carbocycles. The highest BCUT2D eigenvalue weighted by Gasteiger charge is 2.09. The normalized spacial score (nSPS) is 10.5. The number of rotatable bonds is 5. The van der Waals surface area contributed by atoms with Crippen molar-refractivity contribution in [3.05, 3.63) is 29.0 Å². The Labute approximate surface area is 111 Å². The lowest BCUT2D eigenvalue weighted by Crippen LogP contribution is -2.31. The Balaban J connectivity index is 2.40. The number of benzene rings is 1. The van der Waals surface area contributed by atoms with Gasteiger partial charge in [-0.1, -0.05) is 17.7 Å². The zero-order valence-corrected chi connectivity index (χ0v) is 11.2. The maximum atomic E-state index is 13.4. The van der Waals surface area contributed by atoms with Crippen molar-refractivity contribution in [2.75, 3.05) is 32.5 Å². The molecule has 0 heterocycles. The molecule has 0 atom stereocenters. The Kier molecular flexibility index (Phi) is 5.88. The molecule has 1 rings (SSSR count). The quantitative estimate of drug-likeness (QED) is 0.810. The van der Waals surface area contributed by atoms with E-state index in [0.29, 0.717) is 6.54 Å². The van der Waals surface area contributed by atoms with Crippen molar-refractivity contribution in [3.8, 4) is 0 Å². The van der Waals surface area contributed by atoms with Crippen LogP contribution in [-0.4, -0.2) is 38.1 Å². The topological polar surface area (TPSA) is 44.4 Å². The number of hydrogen-bond acceptors (Lipinski definition) is 2. The highest BCUT2D eigenvalue weighted by molar-refractivity contribution is 6.33. The van der Waals surface area contributed by atoms with E-state index in [1.807, 2.05) is 19.0 Å². The number of carbonyl (C=O) groups excluding carboxylic acids is 1. The lowest BCUT2D eigenvalue weighted by atomic mass is 10.3. The summed E-state index contributed by atoms with van der Waals surface area (Å²) in [6.45, 7) is 1.40. The number of nitrogens with one attached hydrogen (secondary N) is 2. The first-order valence-electron chi connectivity index (χ1n) is 5.64. The number of amides is 2. The van der Waals surface area contributed by atoms with Crippen LogP contribution in [-0.2, 0) is 0 Å². The van der Waals surface area contributed by atoms with Crippen LogP contribution in [0.15, 0.2) is 18.2 Å². The summed E-state index contributed by atoms with van der Waals surface area (Å²) in [6.07, 6.45) is 0.825. The Morgan fingerprint density at radius 1 is 1.44 bits per heavy atom. The standard InChI is InChI=1S/C12H17ClFN3O/c1-17(2)8-4-7-15-12(18)16-11-9(13)5-3-6-10(11)14/h3,5-6H,4,7-8H2,1-2H3,(H2,15,16,18). The van der Waals surface area contributed by atoms with E-state index in [9.17, 15) is 9.18 Å². The predicted octanol–water partition coefficient (Wildman–Crippen LogP) is 2.55. The fraction of sp³-hybridized carbons (Fsp3) is 0.417. The van der Waals surface area contributed by atoms with E-state index in [2.05, 4.69) is 10.6 Å². The van der Waals surface area contributed by atoms with Crippen LogP contribution in [0.2, 0.25) is 5.02 Å². The first-order valence-corrected chi connectivity index (χ1v) is 6.02. The van der Waals surface area contributed by atoms with E-state index in [1.165, 1.54) is 18.2 Å². The number of anilines is 1. The zero-order chi connectivity index (χ0) is 13.5. The van der Waals surface area contributed by atoms with Gasteiger partial charge in [0.05, 0.1) is 10.7 Å². The van der Waals surface area contributed by atoms with Crippen molar-refractivity contribution < 1.29 is 9.18 Å². The zero-order valence-electron chi connectivity index (χ0n) is 10.5. The number of halogens is 2. The summed E-state index contributed by atoms with van der Waals surface area (Å²) in [6, 6.07) is 3.79. The molecule has 0 saturated heterocycles. The molecule has 2 amide bonds. The van der Waals surface area contributed by atoms with Crippen LogP contribution in [0.4, 0.5) is 14.9 Å². The third-order valence-corrected chi connectivity index (χ3v) is 2.58. The van der Waals surface area contributed by atoms with E-state index in [-0.39, 0.29) is 10.7 Å². The SMILES string of the molecule is CN(C)CCCNC(=O)Nc1c(F)cccc1Cl. The first-order chi connectivity index (χ1) is 8.50. The minimum atomic E-state index is -0.550. The second-order valence-electron chi connectivity index (χ2n) is 4.13. The molecule has 6 heteroatoms. The van der Waals surface area contributed by atoms with Crippen LogP contribution in [0.5, 0.6) is 0 Å². The molecule has 0 saturated carbocycles. The molecule has 0 aromatic heterocycles. The van der Waals surface area contributed by atoms with E-state index in [4.69, 9.17) is 11.6 Å². The second kappa shape index (κ2) is 7.18. The van der Waals surface area contributed by atoms with Gasteiger partial charge in [-0.05, 0) is 39.2 Å². The van der Waals surface area contributed by atoms with Crippen molar-refractivity contribution in [3.63, 3.8) is 0 Å². The molecule has 2 N–H and O–H groups in total. The summed E-state index contributed by atoms with van der Waals surface area (Å²) >= 11 is 5.79. The summed E-state index contributed by atoms with van der Waals surface area (Å²) in [5, 5.41) is 5.21. The van der Waals surface area contributed by atoms with Gasteiger partial charge in [-0.15, -0.1) is 0 Å². The Morgan fingerprint density at radius 3 is 2.78 bits per heavy atom. The average Bonchev–Trinajstić information content (AvgIpc) is 2.29. The van der Waals surface area contributed by atoms with Gasteiger partial charge in [-0.3, -0.25) is 0 Å². The van der Waals surface area contributed by atoms with Gasteiger partial charge < -0.3 is 15.5 Å². The molecule has 0 bridgehead atoms. The number of urea groups is 1. The van der Waals surface area contributed by atoms with Gasteiger partial charge in [-0.25, -0.2) is 9.18 Å². The highest BCUT2D eigenvalue weighted by Crippen LogP contribution is 2.24. The van der Waals surface area contributed by atoms with Gasteiger partial charge in [-0.2, -0.15) is 0 Å². The molecule has 0 spiro atoms. The van der Waals surface area contributed by atoms with Crippen molar-refractivity contribution in [2.45, 2.75) is 6.42 Å². The van der Waals surface area contributed by atoms with Crippen LogP contribution >= 0.6 is 11.6 Å². The number of hydrogen-bond donors (Lipinski definition) is 2. The van der Waals surface area contributed by atoms with Gasteiger partial charge in [0.2, 0.25) is 0 Å². The van der Waals surface area contributed by atoms with Gasteiger partial charge in [0.15, 0.2) is 0 Å². The smallest absolute Gasteiger partial charge is 0.319 e. The molecule has 18 heavy (non-hydrogen) atoms. The van der Waals surface area contributed by atoms with Gasteiger partial charge in [0, 0.05) is 6.54 Å². The molecule has 0 aliphatic carbocycles. The molecule has 4 nitrogen and oxygen atoms in total. The Morgan fingerprint density at radius 2 is 2.17 bits per heavy atom. The molecule has 100 valence electrons. The van der Waals surface area contributed by atoms with Crippen LogP contribution in [0, 0.1) is 5.82 Å². The highest BCUT2D eigenvalue weighted by atomic mass is 35.5. The monoisotopic (exact) mass is 273 g/mol. The van der Waals surface area contributed by atoms with E-state index in [0.717, 1.165) is 13.0 Å². The molecular weight excluding hydrogens is 257 g/mol. The molecule has 0 radical (unpaired) electrons. The summed E-state index contributed by atoms with van der Waals surface area (Å²) in [7, 11) is 3.92. The summed E-state index contributed by atoms with van der Waals surface area (Å²) in [4.78, 5) is 13.5. The Hall–Kier alpha value is -1.33. The van der Waals surface area contributed by atoms with Crippen molar-refractivity contribution in [1.82, 2.24) is 10.2 Å². The van der Waals surface area contributed by atoms with E-state index >= 15 is 0 Å². The second-order valence-corrected chi connectivity index (χ2v) is 4.54. The average molecular weight is 274 g/mol. The Bertz CT molecular complexity index is 392. The predicted molar refractivity (Wildman–Crippen MR) is 71.6 cm³/mol. The minimum absolute atomic E-state index is 0.00396. The van der Waals surface area contributed by atoms with Crippen LogP contribution in [0.3, 0.4) is 0 Å². The van der Waals surface area contributed by atoms with Gasteiger partial charge in [0.1, 0.15) is 5.82 Å². The number of carbonyl (C=O) groups is 1. The third-order valence-electron chi connectivity index (χ3n) is 2.27. The van der Waals surface area contributed by atoms with Crippen molar-refractivity contribution in [2.24, 2.45) is 0 Å². The largest absolute Gasteiger partial charge is 0.338 e. The van der Waals surface area contributed by atoms with Crippen molar-refractivity contribution in [1.29, 1.82) is 0 Å². The van der Waals surface area contributed by atoms with E-state index in [1.54, 1.807) is 0 Å². The summed E-state index contributed by atoms with van der Waals surface area (Å²) in [5.74, 6) is -0.550. The first kappa shape index (κ1) is 14.7. The van der Waals surface area contributed by atoms with E-state index < -0.39 is 11.8 Å². The van der Waals surface area contributed by atoms with Crippen LogP contribution in [0.1, 0.15) is 6.42 Å². The summed E-state index contributed by atoms with van der Waals surface area (Å²) in [5.41, 5.74) is 0.00396. The number of para-hydroxylation sites is 1. The maximum Gasteiger partial charge on any atom is 0.319 e. The molecule has 0 unspecified atom stereocenters.